The molecule has 0 aliphatic carbocycles. The normalized spacial score (nSPS) is 12.1. The highest BCUT2D eigenvalue weighted by atomic mass is 32.2. The van der Waals surface area contributed by atoms with Gasteiger partial charge in [-0.3, -0.25) is 0 Å². The van der Waals surface area contributed by atoms with Crippen molar-refractivity contribution >= 4 is 55.4 Å². The minimum atomic E-state index is -3.96. The zero-order valence-corrected chi connectivity index (χ0v) is 19.5. The van der Waals surface area contributed by atoms with Crippen LogP contribution in [-0.4, -0.2) is 41.0 Å². The van der Waals surface area contributed by atoms with Crippen LogP contribution in [0.5, 0.6) is 11.5 Å². The Hall–Kier alpha value is -3.96. The number of thiophene rings is 1. The van der Waals surface area contributed by atoms with Gasteiger partial charge in [-0.05, 0) is 54.3 Å². The maximum absolute atomic E-state index is 13.5. The van der Waals surface area contributed by atoms with E-state index in [0.29, 0.717) is 29.0 Å². The molecule has 11 heteroatoms. The lowest BCUT2D eigenvalue weighted by molar-refractivity contribution is 0.318. The molecule has 0 fully saturated rings. The fourth-order valence-corrected chi connectivity index (χ4v) is 6.11. The Morgan fingerprint density at radius 2 is 1.91 bits per heavy atom. The Morgan fingerprint density at radius 1 is 1.15 bits per heavy atom. The van der Waals surface area contributed by atoms with Gasteiger partial charge in [0.15, 0.2) is 17.1 Å². The number of ether oxygens (including phenoxy) is 1. The fourth-order valence-electron chi connectivity index (χ4n) is 3.53. The lowest BCUT2D eigenvalue weighted by Crippen LogP contribution is -2.05. The molecule has 172 valence electrons. The largest absolute Gasteiger partial charge is 0.504 e. The van der Waals surface area contributed by atoms with E-state index in [1.54, 1.807) is 41.8 Å². The van der Waals surface area contributed by atoms with Gasteiger partial charge in [0.05, 0.1) is 23.9 Å². The predicted molar refractivity (Wildman–Crippen MR) is 131 cm³/mol. The minimum Gasteiger partial charge on any atom is -0.504 e. The molecule has 0 bridgehead atoms. The van der Waals surface area contributed by atoms with Gasteiger partial charge in [-0.1, -0.05) is 18.2 Å². The summed E-state index contributed by atoms with van der Waals surface area (Å²) in [4.78, 5) is 9.05. The van der Waals surface area contributed by atoms with Gasteiger partial charge in [-0.15, -0.1) is 11.3 Å². The van der Waals surface area contributed by atoms with E-state index in [4.69, 9.17) is 10.5 Å². The van der Waals surface area contributed by atoms with Crippen molar-refractivity contribution in [2.24, 2.45) is 5.10 Å². The Bertz CT molecular complexity index is 1660. The van der Waals surface area contributed by atoms with E-state index < -0.39 is 9.84 Å². The number of benzene rings is 2. The number of nitrogens with zero attached hydrogens (tertiary/aromatic N) is 4. The number of aromatic hydroxyl groups is 1. The first-order chi connectivity index (χ1) is 16.4. The summed E-state index contributed by atoms with van der Waals surface area (Å²) < 4.78 is 33.8. The quantitative estimate of drug-likeness (QED) is 0.341. The number of anilines is 1. The van der Waals surface area contributed by atoms with Gasteiger partial charge in [-0.2, -0.15) is 9.78 Å². The maximum atomic E-state index is 13.5. The summed E-state index contributed by atoms with van der Waals surface area (Å²) in [6.45, 7) is 2.20. The Morgan fingerprint density at radius 3 is 2.62 bits per heavy atom. The molecule has 0 saturated carbocycles. The fraction of sp³-hybridized carbons (Fsp3) is 0.0870. The molecule has 0 saturated heterocycles. The minimum absolute atomic E-state index is 0.00610. The number of phenols is 1. The Kier molecular flexibility index (Phi) is 5.42. The van der Waals surface area contributed by atoms with Crippen LogP contribution in [0.15, 0.2) is 74.2 Å². The van der Waals surface area contributed by atoms with E-state index in [1.165, 1.54) is 23.0 Å². The average Bonchev–Trinajstić information content (AvgIpc) is 3.45. The zero-order valence-electron chi connectivity index (χ0n) is 17.9. The first-order valence-electron chi connectivity index (χ1n) is 10.3. The molecular formula is C23H19N5O4S2. The van der Waals surface area contributed by atoms with Crippen molar-refractivity contribution in [1.29, 1.82) is 0 Å². The van der Waals surface area contributed by atoms with Crippen LogP contribution in [0.2, 0.25) is 0 Å². The van der Waals surface area contributed by atoms with Crippen LogP contribution >= 0.6 is 11.3 Å². The second-order valence-corrected chi connectivity index (χ2v) is 10.3. The van der Waals surface area contributed by atoms with Gasteiger partial charge < -0.3 is 15.6 Å². The van der Waals surface area contributed by atoms with Crippen LogP contribution in [0.3, 0.4) is 0 Å². The van der Waals surface area contributed by atoms with Crippen LogP contribution in [0.25, 0.3) is 22.2 Å². The number of rotatable bonds is 6. The van der Waals surface area contributed by atoms with Crippen molar-refractivity contribution in [3.8, 4) is 11.5 Å². The van der Waals surface area contributed by atoms with Gasteiger partial charge in [0, 0.05) is 0 Å². The lowest BCUT2D eigenvalue weighted by Gasteiger charge is -2.06. The average molecular weight is 494 g/mol. The Labute approximate surface area is 198 Å². The molecule has 0 spiro atoms. The SMILES string of the molecule is CCOc1cc(/C=N\n2c(N)c(S(=O)(=O)c3cccs3)c3nc4ccccc4nc32)ccc1O. The highest BCUT2D eigenvalue weighted by molar-refractivity contribution is 7.93. The molecule has 34 heavy (non-hydrogen) atoms. The second kappa shape index (κ2) is 8.43. The van der Waals surface area contributed by atoms with E-state index in [-0.39, 0.29) is 31.8 Å². The van der Waals surface area contributed by atoms with Crippen molar-refractivity contribution in [3.63, 3.8) is 0 Å². The van der Waals surface area contributed by atoms with E-state index in [1.807, 2.05) is 13.0 Å². The van der Waals surface area contributed by atoms with E-state index in [2.05, 4.69) is 15.1 Å². The summed E-state index contributed by atoms with van der Waals surface area (Å²) in [6, 6.07) is 15.1. The number of nitrogens with two attached hydrogens (primary N) is 1. The molecule has 3 heterocycles. The van der Waals surface area contributed by atoms with E-state index in [9.17, 15) is 13.5 Å². The van der Waals surface area contributed by atoms with Crippen LogP contribution in [-0.2, 0) is 9.84 Å². The molecule has 5 rings (SSSR count). The summed E-state index contributed by atoms with van der Waals surface area (Å²) in [5, 5.41) is 16.0. The molecular weight excluding hydrogens is 474 g/mol. The number of hydrogen-bond donors (Lipinski definition) is 2. The highest BCUT2D eigenvalue weighted by Crippen LogP contribution is 2.36. The molecule has 0 radical (unpaired) electrons. The van der Waals surface area contributed by atoms with Gasteiger partial charge in [0.1, 0.15) is 20.4 Å². The number of phenolic OH excluding ortho intramolecular Hbond substituents is 1. The van der Waals surface area contributed by atoms with Gasteiger partial charge in [0.25, 0.3) is 0 Å². The van der Waals surface area contributed by atoms with E-state index in [0.717, 1.165) is 11.3 Å². The van der Waals surface area contributed by atoms with Crippen molar-refractivity contribution in [3.05, 3.63) is 65.5 Å². The third-order valence-electron chi connectivity index (χ3n) is 5.06. The summed E-state index contributed by atoms with van der Waals surface area (Å²) in [7, 11) is -3.96. The molecule has 9 nitrogen and oxygen atoms in total. The van der Waals surface area contributed by atoms with Crippen LogP contribution in [0, 0.1) is 0 Å². The van der Waals surface area contributed by atoms with Crippen LogP contribution < -0.4 is 10.5 Å². The monoisotopic (exact) mass is 493 g/mol. The molecule has 0 amide bonds. The standard InChI is InChI=1S/C23H19N5O4S2/c1-2-32-18-12-14(9-10-17(18)29)13-25-28-22(24)21(34(30,31)19-8-5-11-33-19)20-23(28)27-16-7-4-3-6-15(16)26-20/h3-13,29H,2,24H2,1H3/b25-13-. The maximum Gasteiger partial charge on any atom is 0.221 e. The van der Waals surface area contributed by atoms with Gasteiger partial charge in [-0.25, -0.2) is 18.4 Å². The van der Waals surface area contributed by atoms with Gasteiger partial charge >= 0.3 is 0 Å². The third kappa shape index (κ3) is 3.64. The number of sulfone groups is 1. The first kappa shape index (κ1) is 21.9. The second-order valence-electron chi connectivity index (χ2n) is 7.25. The molecule has 5 aromatic rings. The molecule has 0 aliphatic heterocycles. The lowest BCUT2D eigenvalue weighted by atomic mass is 10.2. The molecule has 0 unspecified atom stereocenters. The summed E-state index contributed by atoms with van der Waals surface area (Å²) in [5.41, 5.74) is 8.45. The summed E-state index contributed by atoms with van der Waals surface area (Å²) >= 11 is 1.10. The van der Waals surface area contributed by atoms with E-state index >= 15 is 0 Å². The smallest absolute Gasteiger partial charge is 0.221 e. The van der Waals surface area contributed by atoms with Crippen LogP contribution in [0.1, 0.15) is 12.5 Å². The molecule has 3 N–H and O–H groups in total. The number of para-hydroxylation sites is 2. The molecule has 0 atom stereocenters. The summed E-state index contributed by atoms with van der Waals surface area (Å²) in [5.74, 6) is 0.217. The number of aromatic nitrogens is 3. The first-order valence-corrected chi connectivity index (χ1v) is 12.6. The highest BCUT2D eigenvalue weighted by Gasteiger charge is 2.31. The van der Waals surface area contributed by atoms with Crippen molar-refractivity contribution < 1.29 is 18.3 Å². The van der Waals surface area contributed by atoms with Crippen molar-refractivity contribution in [2.75, 3.05) is 12.3 Å². The number of fused-ring (bicyclic) bond motifs is 2. The molecule has 3 aromatic heterocycles. The topological polar surface area (TPSA) is 133 Å². The van der Waals surface area contributed by atoms with Gasteiger partial charge in [0.2, 0.25) is 9.84 Å². The third-order valence-corrected chi connectivity index (χ3v) is 8.28. The summed E-state index contributed by atoms with van der Waals surface area (Å²) in [6.07, 6.45) is 1.48. The zero-order chi connectivity index (χ0) is 23.9. The molecule has 2 aromatic carbocycles. The van der Waals surface area contributed by atoms with Crippen molar-refractivity contribution in [2.45, 2.75) is 16.0 Å². The predicted octanol–water partition coefficient (Wildman–Crippen LogP) is 4.05. The van der Waals surface area contributed by atoms with Crippen molar-refractivity contribution in [1.82, 2.24) is 14.6 Å². The number of hydrogen-bond acceptors (Lipinski definition) is 9. The van der Waals surface area contributed by atoms with Crippen LogP contribution in [0.4, 0.5) is 5.82 Å². The Balaban J connectivity index is 1.74. The molecule has 0 aliphatic rings. The number of nitrogen functional groups attached to an aromatic ring is 1.